The van der Waals surface area contributed by atoms with E-state index in [4.69, 9.17) is 9.47 Å². The average Bonchev–Trinajstić information content (AvgIpc) is 3.18. The number of ether oxygens (including phenoxy) is 2. The van der Waals surface area contributed by atoms with Gasteiger partial charge in [0.25, 0.3) is 0 Å². The summed E-state index contributed by atoms with van der Waals surface area (Å²) in [4.78, 5) is 12.9. The third-order valence-electron chi connectivity index (χ3n) is 5.32. The van der Waals surface area contributed by atoms with Crippen molar-refractivity contribution in [3.8, 4) is 11.5 Å². The molecular weight excluding hydrogens is 304 g/mol. The third kappa shape index (κ3) is 1.76. The molecule has 1 saturated heterocycles. The molecule has 1 amide bonds. The van der Waals surface area contributed by atoms with E-state index in [0.29, 0.717) is 13.2 Å². The van der Waals surface area contributed by atoms with Gasteiger partial charge in [0.2, 0.25) is 5.91 Å². The molecule has 0 bridgehead atoms. The van der Waals surface area contributed by atoms with Crippen LogP contribution in [0.2, 0.25) is 0 Å². The van der Waals surface area contributed by atoms with Crippen molar-refractivity contribution in [2.75, 3.05) is 25.1 Å². The van der Waals surface area contributed by atoms with Gasteiger partial charge in [0.15, 0.2) is 11.5 Å². The Bertz CT molecular complexity index is 835. The average molecular weight is 322 g/mol. The number of nitrogens with one attached hydrogen (secondary N) is 2. The summed E-state index contributed by atoms with van der Waals surface area (Å²) in [5, 5.41) is 6.58. The molecule has 1 spiro atoms. The van der Waals surface area contributed by atoms with Crippen molar-refractivity contribution in [1.82, 2.24) is 5.32 Å². The highest BCUT2D eigenvalue weighted by molar-refractivity contribution is 6.07. The topological polar surface area (TPSA) is 59.6 Å². The molecule has 2 aromatic carbocycles. The summed E-state index contributed by atoms with van der Waals surface area (Å²) in [5.41, 5.74) is 2.51. The molecule has 0 aliphatic carbocycles. The number of fused-ring (bicyclic) bond motifs is 3. The number of benzene rings is 2. The first kappa shape index (κ1) is 13.9. The van der Waals surface area contributed by atoms with Gasteiger partial charge in [-0.2, -0.15) is 0 Å². The minimum absolute atomic E-state index is 0.0722. The fourth-order valence-electron chi connectivity index (χ4n) is 4.25. The Morgan fingerprint density at radius 3 is 2.79 bits per heavy atom. The number of carbonyl (C=O) groups excluding carboxylic acids is 1. The van der Waals surface area contributed by atoms with Crippen LogP contribution in [0.15, 0.2) is 42.5 Å². The molecule has 2 atom stereocenters. The summed E-state index contributed by atoms with van der Waals surface area (Å²) in [5.74, 6) is 1.61. The zero-order valence-electron chi connectivity index (χ0n) is 13.2. The van der Waals surface area contributed by atoms with E-state index in [9.17, 15) is 4.79 Å². The van der Waals surface area contributed by atoms with Crippen LogP contribution in [0.5, 0.6) is 11.5 Å². The van der Waals surface area contributed by atoms with Crippen LogP contribution < -0.4 is 20.1 Å². The number of rotatable bonds is 1. The molecule has 122 valence electrons. The first-order chi connectivity index (χ1) is 11.8. The molecule has 0 saturated carbocycles. The summed E-state index contributed by atoms with van der Waals surface area (Å²) >= 11 is 0. The molecule has 2 aromatic rings. The maximum Gasteiger partial charge on any atom is 0.237 e. The number of anilines is 1. The van der Waals surface area contributed by atoms with Crippen LogP contribution in [0, 0.1) is 0 Å². The Labute approximate surface area is 140 Å². The molecule has 3 aliphatic heterocycles. The normalized spacial score (nSPS) is 27.2. The maximum atomic E-state index is 12.9. The molecular formula is C19H18N2O3. The summed E-state index contributed by atoms with van der Waals surface area (Å²) in [6, 6.07) is 13.9. The lowest BCUT2D eigenvalue weighted by molar-refractivity contribution is -0.121. The third-order valence-corrected chi connectivity index (χ3v) is 5.32. The smallest absolute Gasteiger partial charge is 0.237 e. The van der Waals surface area contributed by atoms with Crippen molar-refractivity contribution < 1.29 is 14.3 Å². The van der Waals surface area contributed by atoms with Gasteiger partial charge in [-0.15, -0.1) is 0 Å². The second kappa shape index (κ2) is 4.98. The van der Waals surface area contributed by atoms with E-state index in [-0.39, 0.29) is 11.9 Å². The summed E-state index contributed by atoms with van der Waals surface area (Å²) < 4.78 is 11.3. The highest BCUT2D eigenvalue weighted by Crippen LogP contribution is 2.51. The number of hydrogen-bond donors (Lipinski definition) is 2. The predicted molar refractivity (Wildman–Crippen MR) is 89.5 cm³/mol. The van der Waals surface area contributed by atoms with E-state index in [2.05, 4.69) is 16.7 Å². The Hall–Kier alpha value is -2.53. The molecule has 5 rings (SSSR count). The molecule has 2 N–H and O–H groups in total. The monoisotopic (exact) mass is 322 g/mol. The Morgan fingerprint density at radius 1 is 1.04 bits per heavy atom. The van der Waals surface area contributed by atoms with Crippen LogP contribution in [0.3, 0.4) is 0 Å². The van der Waals surface area contributed by atoms with Crippen LogP contribution in [-0.4, -0.2) is 25.7 Å². The first-order valence-electron chi connectivity index (χ1n) is 8.33. The lowest BCUT2D eigenvalue weighted by Crippen LogP contribution is -2.39. The van der Waals surface area contributed by atoms with Crippen molar-refractivity contribution >= 4 is 11.6 Å². The summed E-state index contributed by atoms with van der Waals surface area (Å²) in [6.45, 7) is 1.94. The Balaban J connectivity index is 1.63. The highest BCUT2D eigenvalue weighted by atomic mass is 16.6. The van der Waals surface area contributed by atoms with Gasteiger partial charge >= 0.3 is 0 Å². The lowest BCUT2D eigenvalue weighted by Gasteiger charge is -2.30. The van der Waals surface area contributed by atoms with Crippen molar-refractivity contribution in [2.45, 2.75) is 17.9 Å². The van der Waals surface area contributed by atoms with Gasteiger partial charge in [-0.25, -0.2) is 0 Å². The zero-order valence-corrected chi connectivity index (χ0v) is 13.2. The summed E-state index contributed by atoms with van der Waals surface area (Å²) in [6.07, 6.45) is 0.787. The Kier molecular flexibility index (Phi) is 2.88. The zero-order chi connectivity index (χ0) is 16.1. The summed E-state index contributed by atoms with van der Waals surface area (Å²) in [7, 11) is 0. The Morgan fingerprint density at radius 2 is 1.88 bits per heavy atom. The minimum atomic E-state index is -0.555. The van der Waals surface area contributed by atoms with Crippen LogP contribution in [0.25, 0.3) is 0 Å². The minimum Gasteiger partial charge on any atom is -0.486 e. The van der Waals surface area contributed by atoms with E-state index < -0.39 is 5.41 Å². The molecule has 0 aromatic heterocycles. The molecule has 0 unspecified atom stereocenters. The van der Waals surface area contributed by atoms with Gasteiger partial charge in [-0.1, -0.05) is 24.3 Å². The maximum absolute atomic E-state index is 12.9. The molecule has 1 fully saturated rings. The van der Waals surface area contributed by atoms with E-state index in [1.807, 2.05) is 36.4 Å². The fourth-order valence-corrected chi connectivity index (χ4v) is 4.25. The molecule has 24 heavy (non-hydrogen) atoms. The van der Waals surface area contributed by atoms with Crippen molar-refractivity contribution in [3.05, 3.63) is 53.6 Å². The highest BCUT2D eigenvalue weighted by Gasteiger charge is 2.55. The lowest BCUT2D eigenvalue weighted by atomic mass is 9.73. The van der Waals surface area contributed by atoms with Crippen molar-refractivity contribution in [2.24, 2.45) is 0 Å². The van der Waals surface area contributed by atoms with E-state index in [0.717, 1.165) is 41.3 Å². The van der Waals surface area contributed by atoms with Crippen LogP contribution in [0.1, 0.15) is 23.6 Å². The quantitative estimate of drug-likeness (QED) is 0.846. The number of carbonyl (C=O) groups is 1. The van der Waals surface area contributed by atoms with E-state index >= 15 is 0 Å². The van der Waals surface area contributed by atoms with Crippen molar-refractivity contribution in [1.29, 1.82) is 0 Å². The second-order valence-electron chi connectivity index (χ2n) is 6.51. The van der Waals surface area contributed by atoms with E-state index in [1.54, 1.807) is 0 Å². The molecule has 3 heterocycles. The van der Waals surface area contributed by atoms with Gasteiger partial charge in [-0.3, -0.25) is 4.79 Å². The van der Waals surface area contributed by atoms with E-state index in [1.165, 1.54) is 0 Å². The standard InChI is InChI=1S/C19H18N2O3/c22-18-19(13-3-1-2-4-14(13)21-18)7-8-20-17(19)12-5-6-15-16(11-12)24-10-9-23-15/h1-6,11,17,20H,7-10H2,(H,21,22)/t17-,19-/m0/s1. The number of hydrogen-bond acceptors (Lipinski definition) is 4. The molecule has 5 nitrogen and oxygen atoms in total. The predicted octanol–water partition coefficient (Wildman–Crippen LogP) is 2.38. The molecule has 3 aliphatic rings. The van der Waals surface area contributed by atoms with Crippen LogP contribution >= 0.6 is 0 Å². The van der Waals surface area contributed by atoms with Gasteiger partial charge in [-0.05, 0) is 42.3 Å². The first-order valence-corrected chi connectivity index (χ1v) is 8.33. The number of amides is 1. The molecule has 5 heteroatoms. The molecule has 0 radical (unpaired) electrons. The van der Waals surface area contributed by atoms with Gasteiger partial charge < -0.3 is 20.1 Å². The van der Waals surface area contributed by atoms with Crippen LogP contribution in [-0.2, 0) is 10.2 Å². The largest absolute Gasteiger partial charge is 0.486 e. The SMILES string of the molecule is O=C1Nc2ccccc2[C@]12CCN[C@H]2c1ccc2c(c1)OCCO2. The number of para-hydroxylation sites is 1. The van der Waals surface area contributed by atoms with Gasteiger partial charge in [0.1, 0.15) is 13.2 Å². The van der Waals surface area contributed by atoms with Gasteiger partial charge in [0.05, 0.1) is 11.5 Å². The second-order valence-corrected chi connectivity index (χ2v) is 6.51. The van der Waals surface area contributed by atoms with Gasteiger partial charge in [0, 0.05) is 5.69 Å². The fraction of sp³-hybridized carbons (Fsp3) is 0.316. The van der Waals surface area contributed by atoms with Crippen LogP contribution in [0.4, 0.5) is 5.69 Å². The van der Waals surface area contributed by atoms with Crippen molar-refractivity contribution in [3.63, 3.8) is 0 Å².